The summed E-state index contributed by atoms with van der Waals surface area (Å²) in [6.07, 6.45) is 4.01. The van der Waals surface area contributed by atoms with Crippen molar-refractivity contribution in [1.82, 2.24) is 10.7 Å². The van der Waals surface area contributed by atoms with Crippen LogP contribution in [0.5, 0.6) is 17.2 Å². The number of hydrogen-bond acceptors (Lipinski definition) is 6. The second kappa shape index (κ2) is 15.4. The number of carbonyl (C=O) groups is 2. The molecule has 0 saturated heterocycles. The van der Waals surface area contributed by atoms with Gasteiger partial charge >= 0.3 is 0 Å². The number of hydrogen-bond donors (Lipinski definition) is 2. The molecule has 0 spiro atoms. The van der Waals surface area contributed by atoms with Crippen LogP contribution >= 0.6 is 0 Å². The molecule has 2 rings (SSSR count). The number of amides is 2. The standard InChI is InChI=1S/C28H39N3O5/c1-6-8-15-35-25-14-13-22(17-26(25)34-7-2)18-29-31-28(33)23(16-20(3)4)30-27(32)19-36-24-12-10-9-11-21(24)5/h9-14,17-18,20,23H,6-8,15-16,19H2,1-5H3,(H,30,32)(H,31,33)/b29-18-/t23-/m1/s1. The highest BCUT2D eigenvalue weighted by Gasteiger charge is 2.22. The number of carbonyl (C=O) groups excluding carboxylic acids is 2. The molecule has 2 amide bonds. The zero-order chi connectivity index (χ0) is 26.3. The summed E-state index contributed by atoms with van der Waals surface area (Å²) in [5.41, 5.74) is 4.22. The summed E-state index contributed by atoms with van der Waals surface area (Å²) in [6, 6.07) is 12.2. The van der Waals surface area contributed by atoms with Crippen LogP contribution in [0.15, 0.2) is 47.6 Å². The summed E-state index contributed by atoms with van der Waals surface area (Å²) < 4.78 is 17.1. The number of ether oxygens (including phenoxy) is 3. The lowest BCUT2D eigenvalue weighted by Gasteiger charge is -2.19. The number of hydrazone groups is 1. The highest BCUT2D eigenvalue weighted by molar-refractivity contribution is 5.89. The van der Waals surface area contributed by atoms with Crippen molar-refractivity contribution in [3.63, 3.8) is 0 Å². The lowest BCUT2D eigenvalue weighted by molar-refractivity contribution is -0.130. The highest BCUT2D eigenvalue weighted by Crippen LogP contribution is 2.28. The molecule has 8 nitrogen and oxygen atoms in total. The summed E-state index contributed by atoms with van der Waals surface area (Å²) in [5.74, 6) is 1.37. The molecule has 0 saturated carbocycles. The van der Waals surface area contributed by atoms with Gasteiger partial charge < -0.3 is 19.5 Å². The van der Waals surface area contributed by atoms with Crippen molar-refractivity contribution in [3.8, 4) is 17.2 Å². The molecule has 8 heteroatoms. The summed E-state index contributed by atoms with van der Waals surface area (Å²) >= 11 is 0. The molecule has 0 radical (unpaired) electrons. The van der Waals surface area contributed by atoms with Crippen molar-refractivity contribution in [2.75, 3.05) is 19.8 Å². The SMILES string of the molecule is CCCCOc1ccc(/C=N\NC(=O)[C@@H](CC(C)C)NC(=O)COc2ccccc2C)cc1OCC. The van der Waals surface area contributed by atoms with Gasteiger partial charge in [0.15, 0.2) is 18.1 Å². The van der Waals surface area contributed by atoms with Crippen LogP contribution in [-0.2, 0) is 9.59 Å². The predicted octanol–water partition coefficient (Wildman–Crippen LogP) is 4.63. The fourth-order valence-corrected chi connectivity index (χ4v) is 3.37. The van der Waals surface area contributed by atoms with Crippen molar-refractivity contribution >= 4 is 18.0 Å². The second-order valence-electron chi connectivity index (χ2n) is 8.88. The van der Waals surface area contributed by atoms with E-state index in [1.807, 2.05) is 64.1 Å². The fraction of sp³-hybridized carbons (Fsp3) is 0.464. The molecule has 36 heavy (non-hydrogen) atoms. The van der Waals surface area contributed by atoms with E-state index in [0.717, 1.165) is 24.0 Å². The smallest absolute Gasteiger partial charge is 0.262 e. The van der Waals surface area contributed by atoms with Gasteiger partial charge in [-0.25, -0.2) is 5.43 Å². The Labute approximate surface area is 214 Å². The molecule has 0 aliphatic heterocycles. The van der Waals surface area contributed by atoms with Crippen molar-refractivity contribution in [1.29, 1.82) is 0 Å². The zero-order valence-corrected chi connectivity index (χ0v) is 22.0. The minimum absolute atomic E-state index is 0.178. The third-order valence-electron chi connectivity index (χ3n) is 5.22. The molecular weight excluding hydrogens is 458 g/mol. The van der Waals surface area contributed by atoms with Gasteiger partial charge in [-0.1, -0.05) is 45.4 Å². The van der Waals surface area contributed by atoms with Crippen molar-refractivity contribution in [3.05, 3.63) is 53.6 Å². The van der Waals surface area contributed by atoms with Gasteiger partial charge in [0.2, 0.25) is 0 Å². The van der Waals surface area contributed by atoms with Crippen LogP contribution in [0.1, 0.15) is 58.1 Å². The van der Waals surface area contributed by atoms with Crippen molar-refractivity contribution in [2.45, 2.75) is 59.9 Å². The van der Waals surface area contributed by atoms with Gasteiger partial charge in [-0.3, -0.25) is 9.59 Å². The van der Waals surface area contributed by atoms with E-state index in [-0.39, 0.29) is 18.4 Å². The molecule has 0 aliphatic carbocycles. The number of benzene rings is 2. The van der Waals surface area contributed by atoms with Gasteiger partial charge in [-0.15, -0.1) is 0 Å². The van der Waals surface area contributed by atoms with Gasteiger partial charge in [-0.2, -0.15) is 5.10 Å². The topological polar surface area (TPSA) is 98.2 Å². The largest absolute Gasteiger partial charge is 0.490 e. The van der Waals surface area contributed by atoms with E-state index in [2.05, 4.69) is 22.8 Å². The number of rotatable bonds is 15. The number of nitrogens with zero attached hydrogens (tertiary/aromatic N) is 1. The normalized spacial score (nSPS) is 11.8. The van der Waals surface area contributed by atoms with E-state index >= 15 is 0 Å². The number of aryl methyl sites for hydroxylation is 1. The summed E-state index contributed by atoms with van der Waals surface area (Å²) in [4.78, 5) is 25.2. The molecule has 0 aliphatic rings. The third kappa shape index (κ3) is 9.98. The minimum atomic E-state index is -0.733. The van der Waals surface area contributed by atoms with Gasteiger partial charge in [0.1, 0.15) is 11.8 Å². The van der Waals surface area contributed by atoms with E-state index in [1.54, 1.807) is 6.07 Å². The highest BCUT2D eigenvalue weighted by atomic mass is 16.5. The summed E-state index contributed by atoms with van der Waals surface area (Å²) in [5, 5.41) is 6.84. The quantitative estimate of drug-likeness (QED) is 0.212. The number of unbranched alkanes of at least 4 members (excludes halogenated alkanes) is 1. The lowest BCUT2D eigenvalue weighted by Crippen LogP contribution is -2.47. The first-order chi connectivity index (χ1) is 17.3. The Morgan fingerprint density at radius 1 is 1.00 bits per heavy atom. The van der Waals surface area contributed by atoms with Gasteiger partial charge in [0, 0.05) is 0 Å². The maximum Gasteiger partial charge on any atom is 0.262 e. The Hall–Kier alpha value is -3.55. The van der Waals surface area contributed by atoms with Crippen LogP contribution in [0, 0.1) is 12.8 Å². The molecule has 0 aromatic heterocycles. The van der Waals surface area contributed by atoms with Crippen LogP contribution in [-0.4, -0.2) is 43.9 Å². The Morgan fingerprint density at radius 3 is 2.47 bits per heavy atom. The maximum atomic E-state index is 12.8. The average Bonchev–Trinajstić information content (AvgIpc) is 2.84. The molecule has 2 aromatic carbocycles. The molecule has 2 N–H and O–H groups in total. The van der Waals surface area contributed by atoms with E-state index < -0.39 is 11.9 Å². The monoisotopic (exact) mass is 497 g/mol. The number of para-hydroxylation sites is 1. The molecule has 0 unspecified atom stereocenters. The minimum Gasteiger partial charge on any atom is -0.490 e. The van der Waals surface area contributed by atoms with Gasteiger partial charge in [0.25, 0.3) is 11.8 Å². The zero-order valence-electron chi connectivity index (χ0n) is 22.0. The van der Waals surface area contributed by atoms with Crippen molar-refractivity contribution < 1.29 is 23.8 Å². The Bertz CT molecular complexity index is 1010. The van der Waals surface area contributed by atoms with Crippen LogP contribution in [0.25, 0.3) is 0 Å². The predicted molar refractivity (Wildman–Crippen MR) is 142 cm³/mol. The first-order valence-electron chi connectivity index (χ1n) is 12.5. The van der Waals surface area contributed by atoms with E-state index in [0.29, 0.717) is 36.9 Å². The molecule has 0 heterocycles. The van der Waals surface area contributed by atoms with Crippen LogP contribution in [0.3, 0.4) is 0 Å². The molecule has 2 aromatic rings. The number of nitrogens with one attached hydrogen (secondary N) is 2. The van der Waals surface area contributed by atoms with E-state index in [4.69, 9.17) is 14.2 Å². The summed E-state index contributed by atoms with van der Waals surface area (Å²) in [6.45, 7) is 10.8. The Kier molecular flexibility index (Phi) is 12.3. The Balaban J connectivity index is 1.97. The fourth-order valence-electron chi connectivity index (χ4n) is 3.37. The first-order valence-corrected chi connectivity index (χ1v) is 12.5. The molecule has 0 bridgehead atoms. The van der Waals surface area contributed by atoms with Crippen LogP contribution in [0.2, 0.25) is 0 Å². The summed E-state index contributed by atoms with van der Waals surface area (Å²) in [7, 11) is 0. The molecular formula is C28H39N3O5. The van der Waals surface area contributed by atoms with Crippen LogP contribution < -0.4 is 25.0 Å². The van der Waals surface area contributed by atoms with E-state index in [9.17, 15) is 9.59 Å². The van der Waals surface area contributed by atoms with Crippen molar-refractivity contribution in [2.24, 2.45) is 11.0 Å². The molecule has 196 valence electrons. The van der Waals surface area contributed by atoms with E-state index in [1.165, 1.54) is 6.21 Å². The first kappa shape index (κ1) is 28.7. The maximum absolute atomic E-state index is 12.8. The lowest BCUT2D eigenvalue weighted by atomic mass is 10.0. The van der Waals surface area contributed by atoms with Crippen LogP contribution in [0.4, 0.5) is 0 Å². The van der Waals surface area contributed by atoms with Gasteiger partial charge in [-0.05, 0) is 68.0 Å². The average molecular weight is 498 g/mol. The van der Waals surface area contributed by atoms with Gasteiger partial charge in [0.05, 0.1) is 19.4 Å². The third-order valence-corrected chi connectivity index (χ3v) is 5.22. The molecule has 1 atom stereocenters. The molecule has 0 fully saturated rings. The second-order valence-corrected chi connectivity index (χ2v) is 8.88. The Morgan fingerprint density at radius 2 is 1.78 bits per heavy atom.